The molecule has 516 valence electrons. The average molecular weight is 1310 g/mol. The van der Waals surface area contributed by atoms with Crippen LogP contribution in [0, 0.1) is 35.5 Å². The predicted octanol–water partition coefficient (Wildman–Crippen LogP) is 5.62. The van der Waals surface area contributed by atoms with Crippen molar-refractivity contribution in [1.82, 2.24) is 55.6 Å². The standard InChI is InChI=1S/C65H107ClF3N11O11/c1-14-40(5)55-62(90)76(10)37-53(83)74(8)38-54(84)78(12)50(35-43-22-17-16-18-23-43)61(89)75(9)36-51(81)71-47(28-26-44-25-27-45(46(66)34-44)65(67,68)69)60(88)80-31-21-24-48(80)58(86)73-64(29-19-20-30-64)63(91)79(13)56(41(6)15-2)59(87)70-42(7)33-52(82)77(11)49(32-39(3)4)57(85)72-55/h39-50,55-56H,14-38H2,1-13H3,(H,70,87)(H,71,81)(H,72,85)(H,73,86)/t40-,41-,42+,44?,45?,46?,47-,48-,49-,50-,55-,56-/m0/s1. The maximum absolute atomic E-state index is 15.1. The molecule has 5 aliphatic rings. The third-order valence-corrected chi connectivity index (χ3v) is 20.8. The first kappa shape index (κ1) is 76.0. The van der Waals surface area contributed by atoms with E-state index in [1.807, 2.05) is 34.6 Å². The van der Waals surface area contributed by atoms with Gasteiger partial charge in [-0.05, 0) is 107 Å². The van der Waals surface area contributed by atoms with E-state index < -0.39 is 162 Å². The third-order valence-electron chi connectivity index (χ3n) is 20.3. The van der Waals surface area contributed by atoms with Crippen LogP contribution in [0.25, 0.3) is 0 Å². The Morgan fingerprint density at radius 3 is 1.79 bits per heavy atom. The van der Waals surface area contributed by atoms with Gasteiger partial charge in [-0.25, -0.2) is 0 Å². The fraction of sp³-hybridized carbons (Fsp3) is 0.831. The average Bonchev–Trinajstić information content (AvgIpc) is 1.95. The van der Waals surface area contributed by atoms with Crippen LogP contribution in [0.15, 0.2) is 0 Å². The summed E-state index contributed by atoms with van der Waals surface area (Å²) in [5.41, 5.74) is -1.48. The topological polar surface area (TPSA) is 259 Å². The van der Waals surface area contributed by atoms with Gasteiger partial charge in [-0.3, -0.25) is 52.7 Å². The molecule has 2 aliphatic heterocycles. The molecule has 3 aliphatic carbocycles. The highest BCUT2D eigenvalue weighted by atomic mass is 35.5. The number of carbonyl (C=O) groups is 11. The van der Waals surface area contributed by atoms with Gasteiger partial charge in [0.1, 0.15) is 41.8 Å². The third kappa shape index (κ3) is 20.1. The summed E-state index contributed by atoms with van der Waals surface area (Å²) in [4.78, 5) is 169. The van der Waals surface area contributed by atoms with E-state index in [0.29, 0.717) is 32.1 Å². The fourth-order valence-corrected chi connectivity index (χ4v) is 14.6. The smallest absolute Gasteiger partial charge is 0.351 e. The molecule has 3 unspecified atom stereocenters. The number of halogens is 4. The number of nitrogens with one attached hydrogen (secondary N) is 4. The van der Waals surface area contributed by atoms with Gasteiger partial charge in [0.15, 0.2) is 0 Å². The molecule has 12 atom stereocenters. The van der Waals surface area contributed by atoms with Crippen LogP contribution in [0.4, 0.5) is 13.2 Å². The van der Waals surface area contributed by atoms with Crippen molar-refractivity contribution >= 4 is 76.6 Å². The molecule has 0 radical (unpaired) electrons. The molecular formula is C65H107ClF3N11O11. The predicted molar refractivity (Wildman–Crippen MR) is 338 cm³/mol. The van der Waals surface area contributed by atoms with E-state index in [9.17, 15) is 56.3 Å². The Hall–Kier alpha value is -5.75. The van der Waals surface area contributed by atoms with Gasteiger partial charge in [-0.1, -0.05) is 99.3 Å². The summed E-state index contributed by atoms with van der Waals surface area (Å²) in [5, 5.41) is 10.5. The second-order valence-electron chi connectivity index (χ2n) is 27.8. The molecule has 0 aromatic carbocycles. The number of amides is 11. The number of alkyl halides is 4. The van der Waals surface area contributed by atoms with Crippen molar-refractivity contribution in [1.29, 1.82) is 0 Å². The lowest BCUT2D eigenvalue weighted by Gasteiger charge is -2.40. The second kappa shape index (κ2) is 33.9. The van der Waals surface area contributed by atoms with E-state index in [4.69, 9.17) is 11.6 Å². The maximum atomic E-state index is 15.1. The Bertz CT molecular complexity index is 2570. The molecule has 22 nitrogen and oxygen atoms in total. The van der Waals surface area contributed by atoms with Gasteiger partial charge in [0.05, 0.1) is 25.6 Å². The van der Waals surface area contributed by atoms with Gasteiger partial charge in [0.2, 0.25) is 65.0 Å². The molecule has 2 heterocycles. The van der Waals surface area contributed by atoms with Crippen LogP contribution < -0.4 is 21.3 Å². The molecule has 2 saturated heterocycles. The summed E-state index contributed by atoms with van der Waals surface area (Å²) in [6.45, 7) is 11.3. The first-order chi connectivity index (χ1) is 42.7. The van der Waals surface area contributed by atoms with E-state index in [0.717, 1.165) is 41.9 Å². The van der Waals surface area contributed by atoms with Gasteiger partial charge >= 0.3 is 6.18 Å². The molecule has 91 heavy (non-hydrogen) atoms. The lowest BCUT2D eigenvalue weighted by Crippen LogP contribution is -2.64. The minimum Gasteiger partial charge on any atom is -0.351 e. The van der Waals surface area contributed by atoms with E-state index in [-0.39, 0.29) is 94.9 Å². The lowest BCUT2D eigenvalue weighted by atomic mass is 9.78. The number of rotatable bonds is 11. The van der Waals surface area contributed by atoms with Gasteiger partial charge in [-0.2, -0.15) is 13.2 Å². The van der Waals surface area contributed by atoms with Gasteiger partial charge in [0, 0.05) is 66.7 Å². The quantitative estimate of drug-likeness (QED) is 0.185. The summed E-state index contributed by atoms with van der Waals surface area (Å²) in [7, 11) is 8.65. The number of carbonyl (C=O) groups excluding carboxylic acids is 11. The highest BCUT2D eigenvalue weighted by molar-refractivity contribution is 6.20. The molecule has 26 heteroatoms. The normalized spacial score (nSPS) is 30.0. The van der Waals surface area contributed by atoms with Crippen molar-refractivity contribution < 1.29 is 65.9 Å². The van der Waals surface area contributed by atoms with Crippen molar-refractivity contribution in [2.24, 2.45) is 35.5 Å². The summed E-state index contributed by atoms with van der Waals surface area (Å²) < 4.78 is 41.7. The number of nitrogens with zero attached hydrogens (tertiary/aromatic N) is 7. The summed E-state index contributed by atoms with van der Waals surface area (Å²) in [6.07, 6.45) is 3.37. The largest absolute Gasteiger partial charge is 0.393 e. The van der Waals surface area contributed by atoms with Gasteiger partial charge < -0.3 is 55.6 Å². The first-order valence-corrected chi connectivity index (χ1v) is 33.9. The van der Waals surface area contributed by atoms with Crippen LogP contribution in [0.1, 0.15) is 183 Å². The number of fused-ring (bicyclic) bond motifs is 1. The zero-order valence-electron chi connectivity index (χ0n) is 56.4. The van der Waals surface area contributed by atoms with Crippen LogP contribution in [-0.2, 0) is 52.7 Å². The van der Waals surface area contributed by atoms with Crippen molar-refractivity contribution in [2.45, 2.75) is 243 Å². The zero-order valence-corrected chi connectivity index (χ0v) is 57.1. The summed E-state index contributed by atoms with van der Waals surface area (Å²) in [6, 6.07) is -7.56. The molecule has 4 N–H and O–H groups in total. The number of likely N-dealkylation sites (N-methyl/N-ethyl adjacent to an activating group) is 6. The van der Waals surface area contributed by atoms with E-state index in [1.54, 1.807) is 13.8 Å². The van der Waals surface area contributed by atoms with Crippen LogP contribution in [0.3, 0.4) is 0 Å². The molecule has 1 spiro atoms. The minimum atomic E-state index is -4.49. The molecule has 0 aromatic rings. The van der Waals surface area contributed by atoms with E-state index in [1.165, 1.54) is 66.8 Å². The van der Waals surface area contributed by atoms with Gasteiger partial charge in [-0.15, -0.1) is 11.6 Å². The van der Waals surface area contributed by atoms with Crippen molar-refractivity contribution in [3.63, 3.8) is 0 Å². The highest BCUT2D eigenvalue weighted by Gasteiger charge is 2.51. The Morgan fingerprint density at radius 1 is 0.593 bits per heavy atom. The molecule has 0 bridgehead atoms. The van der Waals surface area contributed by atoms with Crippen LogP contribution in [-0.4, -0.2) is 227 Å². The SMILES string of the molecule is CC[C@H](C)[C@@H]1NC(=O)[C@H](CC(C)C)N(C)C(=O)C[C@@H](C)NC(=O)[C@H]([C@@H](C)CC)N(C)C(=O)C2(CCCC2)NC(=O)[C@@H]2CCCN2C(=O)[C@H](CCC2CCC(C(F)(F)F)C(Cl)C2)NC(=O)CN(C)C(=O)[C@H](CC2CCCCC2)N(C)C(=O)CN(C)C(=O)CN(C)C1=O. The lowest BCUT2D eigenvalue weighted by molar-refractivity contribution is -0.182. The van der Waals surface area contributed by atoms with Crippen LogP contribution in [0.2, 0.25) is 0 Å². The number of hydrogen-bond donors (Lipinski definition) is 4. The molecule has 11 amide bonds. The van der Waals surface area contributed by atoms with Crippen LogP contribution in [0.5, 0.6) is 0 Å². The monoisotopic (exact) mass is 1310 g/mol. The van der Waals surface area contributed by atoms with E-state index >= 15 is 9.59 Å². The number of hydrogen-bond acceptors (Lipinski definition) is 11. The molecule has 3 saturated carbocycles. The minimum absolute atomic E-state index is 0.0148. The van der Waals surface area contributed by atoms with Crippen molar-refractivity contribution in [3.8, 4) is 0 Å². The fourth-order valence-electron chi connectivity index (χ4n) is 14.1. The Balaban J connectivity index is 1.53. The van der Waals surface area contributed by atoms with Crippen LogP contribution >= 0.6 is 11.6 Å². The van der Waals surface area contributed by atoms with Crippen molar-refractivity contribution in [2.75, 3.05) is 68.5 Å². The molecule has 0 aromatic heterocycles. The summed E-state index contributed by atoms with van der Waals surface area (Å²) >= 11 is 6.36. The highest BCUT2D eigenvalue weighted by Crippen LogP contribution is 2.44. The van der Waals surface area contributed by atoms with Crippen molar-refractivity contribution in [3.05, 3.63) is 0 Å². The second-order valence-corrected chi connectivity index (χ2v) is 28.3. The molecule has 5 rings (SSSR count). The zero-order chi connectivity index (χ0) is 68.0. The summed E-state index contributed by atoms with van der Waals surface area (Å²) in [5.74, 6) is -9.49. The maximum Gasteiger partial charge on any atom is 0.393 e. The Morgan fingerprint density at radius 2 is 1.20 bits per heavy atom. The Kier molecular flexibility index (Phi) is 28.3. The molecule has 5 fully saturated rings. The Labute approximate surface area is 542 Å². The molecular weight excluding hydrogens is 1200 g/mol. The van der Waals surface area contributed by atoms with Gasteiger partial charge in [0.25, 0.3) is 0 Å². The first-order valence-electron chi connectivity index (χ1n) is 33.4. The van der Waals surface area contributed by atoms with E-state index in [2.05, 4.69) is 21.3 Å².